The minimum absolute atomic E-state index is 0.320. The molecule has 86 valence electrons. The van der Waals surface area contributed by atoms with Gasteiger partial charge in [0.1, 0.15) is 5.38 Å². The molecule has 0 radical (unpaired) electrons. The smallest absolute Gasteiger partial charge is 0.133 e. The summed E-state index contributed by atoms with van der Waals surface area (Å²) in [6, 6.07) is 2.06. The first-order chi connectivity index (χ1) is 7.00. The van der Waals surface area contributed by atoms with Crippen LogP contribution in [0.15, 0.2) is 0 Å². The average molecular weight is 230 g/mol. The molecule has 0 aromatic carbocycles. The molecular formula is C11H20ClN3. The van der Waals surface area contributed by atoms with Gasteiger partial charge in [0.25, 0.3) is 0 Å². The fourth-order valence-corrected chi connectivity index (χ4v) is 2.45. The third-order valence-electron chi connectivity index (χ3n) is 3.41. The summed E-state index contributed by atoms with van der Waals surface area (Å²) >= 11 is 5.81. The second-order valence-corrected chi connectivity index (χ2v) is 5.29. The maximum atomic E-state index is 8.64. The zero-order valence-corrected chi connectivity index (χ0v) is 10.6. The zero-order chi connectivity index (χ0) is 11.5. The summed E-state index contributed by atoms with van der Waals surface area (Å²) in [5.74, 6) is 0. The van der Waals surface area contributed by atoms with Gasteiger partial charge in [0, 0.05) is 18.6 Å². The van der Waals surface area contributed by atoms with E-state index in [0.29, 0.717) is 12.1 Å². The fourth-order valence-electron chi connectivity index (χ4n) is 2.21. The van der Waals surface area contributed by atoms with E-state index in [9.17, 15) is 0 Å². The maximum absolute atomic E-state index is 8.64. The molecule has 0 saturated heterocycles. The van der Waals surface area contributed by atoms with E-state index in [-0.39, 0.29) is 0 Å². The molecule has 3 nitrogen and oxygen atoms in total. The van der Waals surface area contributed by atoms with Crippen LogP contribution in [0.4, 0.5) is 0 Å². The number of rotatable bonds is 5. The SMILES string of the molecule is CN(CC(Cl)C#N)CC1(N(C)C)CCC1. The second-order valence-electron chi connectivity index (χ2n) is 4.77. The van der Waals surface area contributed by atoms with E-state index in [1.807, 2.05) is 7.05 Å². The van der Waals surface area contributed by atoms with Gasteiger partial charge in [0.15, 0.2) is 0 Å². The van der Waals surface area contributed by atoms with Gasteiger partial charge in [-0.25, -0.2) is 0 Å². The summed E-state index contributed by atoms with van der Waals surface area (Å²) in [5, 5.41) is 8.25. The van der Waals surface area contributed by atoms with Gasteiger partial charge in [-0.15, -0.1) is 11.6 Å². The number of hydrogen-bond donors (Lipinski definition) is 0. The molecule has 1 aliphatic carbocycles. The van der Waals surface area contributed by atoms with Gasteiger partial charge >= 0.3 is 0 Å². The number of hydrogen-bond acceptors (Lipinski definition) is 3. The van der Waals surface area contributed by atoms with Crippen LogP contribution in [0.1, 0.15) is 19.3 Å². The summed E-state index contributed by atoms with van der Waals surface area (Å²) in [6.45, 7) is 1.65. The van der Waals surface area contributed by atoms with E-state index in [0.717, 1.165) is 6.54 Å². The van der Waals surface area contributed by atoms with Gasteiger partial charge in [0.2, 0.25) is 0 Å². The van der Waals surface area contributed by atoms with Crippen molar-refractivity contribution in [1.29, 1.82) is 5.26 Å². The van der Waals surface area contributed by atoms with Crippen LogP contribution in [0.3, 0.4) is 0 Å². The molecular weight excluding hydrogens is 210 g/mol. The molecule has 0 aliphatic heterocycles. The summed E-state index contributed by atoms with van der Waals surface area (Å²) in [4.78, 5) is 4.47. The first kappa shape index (κ1) is 12.8. The van der Waals surface area contributed by atoms with Crippen molar-refractivity contribution in [3.63, 3.8) is 0 Å². The highest BCUT2D eigenvalue weighted by atomic mass is 35.5. The molecule has 1 rings (SSSR count). The van der Waals surface area contributed by atoms with Crippen molar-refractivity contribution in [2.45, 2.75) is 30.2 Å². The number of nitrogens with zero attached hydrogens (tertiary/aromatic N) is 3. The normalized spacial score (nSPS) is 21.1. The average Bonchev–Trinajstić information content (AvgIpc) is 2.10. The second kappa shape index (κ2) is 5.16. The van der Waals surface area contributed by atoms with Crippen molar-refractivity contribution in [3.8, 4) is 6.07 Å². The van der Waals surface area contributed by atoms with Gasteiger partial charge in [0.05, 0.1) is 6.07 Å². The first-order valence-electron chi connectivity index (χ1n) is 5.40. The maximum Gasteiger partial charge on any atom is 0.133 e. The molecule has 0 aromatic rings. The third-order valence-corrected chi connectivity index (χ3v) is 3.64. The molecule has 0 bridgehead atoms. The van der Waals surface area contributed by atoms with Crippen molar-refractivity contribution in [2.75, 3.05) is 34.2 Å². The minimum atomic E-state index is -0.394. The predicted molar refractivity (Wildman–Crippen MR) is 63.0 cm³/mol. The Morgan fingerprint density at radius 2 is 2.00 bits per heavy atom. The summed E-state index contributed by atoms with van der Waals surface area (Å²) in [6.07, 6.45) is 3.82. The topological polar surface area (TPSA) is 30.3 Å². The van der Waals surface area contributed by atoms with Gasteiger partial charge in [-0.1, -0.05) is 0 Å². The van der Waals surface area contributed by atoms with E-state index in [2.05, 4.69) is 30.0 Å². The van der Waals surface area contributed by atoms with Crippen LogP contribution in [0.2, 0.25) is 0 Å². The Hall–Kier alpha value is -0.300. The Morgan fingerprint density at radius 1 is 1.40 bits per heavy atom. The van der Waals surface area contributed by atoms with Crippen LogP contribution in [-0.2, 0) is 0 Å². The number of halogens is 1. The van der Waals surface area contributed by atoms with Crippen LogP contribution in [0.25, 0.3) is 0 Å². The van der Waals surface area contributed by atoms with Crippen molar-refractivity contribution >= 4 is 11.6 Å². The Bertz CT molecular complexity index is 243. The molecule has 1 saturated carbocycles. The number of likely N-dealkylation sites (N-methyl/N-ethyl adjacent to an activating group) is 2. The Morgan fingerprint density at radius 3 is 2.33 bits per heavy atom. The minimum Gasteiger partial charge on any atom is -0.302 e. The highest BCUT2D eigenvalue weighted by molar-refractivity contribution is 6.22. The Kier molecular flexibility index (Phi) is 4.39. The van der Waals surface area contributed by atoms with E-state index in [1.54, 1.807) is 0 Å². The lowest BCUT2D eigenvalue weighted by molar-refractivity contribution is 0.0286. The lowest BCUT2D eigenvalue weighted by Gasteiger charge is -2.49. The Balaban J connectivity index is 2.43. The molecule has 0 heterocycles. The van der Waals surface area contributed by atoms with E-state index in [4.69, 9.17) is 16.9 Å². The molecule has 1 fully saturated rings. The largest absolute Gasteiger partial charge is 0.302 e. The lowest BCUT2D eigenvalue weighted by atomic mass is 9.75. The summed E-state index contributed by atoms with van der Waals surface area (Å²) < 4.78 is 0. The van der Waals surface area contributed by atoms with Gasteiger partial charge in [-0.05, 0) is 40.4 Å². The molecule has 4 heteroatoms. The third kappa shape index (κ3) is 3.07. The molecule has 0 N–H and O–H groups in total. The van der Waals surface area contributed by atoms with Crippen LogP contribution in [-0.4, -0.2) is 54.9 Å². The molecule has 0 aromatic heterocycles. The monoisotopic (exact) mass is 229 g/mol. The standard InChI is InChI=1S/C11H20ClN3/c1-14(2)11(5-4-6-11)9-15(3)8-10(12)7-13/h10H,4-6,8-9H2,1-3H3. The molecule has 1 unspecified atom stereocenters. The quantitative estimate of drug-likeness (QED) is 0.670. The highest BCUT2D eigenvalue weighted by Crippen LogP contribution is 2.36. The van der Waals surface area contributed by atoms with Gasteiger partial charge < -0.3 is 9.80 Å². The lowest BCUT2D eigenvalue weighted by Crippen LogP contribution is -2.57. The van der Waals surface area contributed by atoms with Crippen LogP contribution >= 0.6 is 11.6 Å². The summed E-state index contributed by atoms with van der Waals surface area (Å²) in [7, 11) is 6.31. The van der Waals surface area contributed by atoms with Crippen LogP contribution in [0.5, 0.6) is 0 Å². The van der Waals surface area contributed by atoms with E-state index < -0.39 is 5.38 Å². The van der Waals surface area contributed by atoms with Crippen molar-refractivity contribution < 1.29 is 0 Å². The van der Waals surface area contributed by atoms with E-state index in [1.165, 1.54) is 19.3 Å². The molecule has 0 amide bonds. The number of alkyl halides is 1. The zero-order valence-electron chi connectivity index (χ0n) is 9.83. The Labute approximate surface area is 97.6 Å². The summed E-state index contributed by atoms with van der Waals surface area (Å²) in [5.41, 5.74) is 0.320. The van der Waals surface area contributed by atoms with Gasteiger partial charge in [-0.2, -0.15) is 5.26 Å². The van der Waals surface area contributed by atoms with Crippen molar-refractivity contribution in [2.24, 2.45) is 0 Å². The van der Waals surface area contributed by atoms with Crippen molar-refractivity contribution in [1.82, 2.24) is 9.80 Å². The van der Waals surface area contributed by atoms with Crippen LogP contribution in [0, 0.1) is 11.3 Å². The fraction of sp³-hybridized carbons (Fsp3) is 0.909. The van der Waals surface area contributed by atoms with Gasteiger partial charge in [-0.3, -0.25) is 0 Å². The highest BCUT2D eigenvalue weighted by Gasteiger charge is 2.39. The van der Waals surface area contributed by atoms with Crippen molar-refractivity contribution in [3.05, 3.63) is 0 Å². The molecule has 1 atom stereocenters. The molecule has 0 spiro atoms. The first-order valence-corrected chi connectivity index (χ1v) is 5.83. The van der Waals surface area contributed by atoms with Crippen LogP contribution < -0.4 is 0 Å². The predicted octanol–water partition coefficient (Wildman–Crippen LogP) is 1.53. The molecule has 1 aliphatic rings. The van der Waals surface area contributed by atoms with E-state index >= 15 is 0 Å². The molecule has 15 heavy (non-hydrogen) atoms. The number of nitriles is 1.